The van der Waals surface area contributed by atoms with E-state index in [0.717, 1.165) is 51.4 Å². The predicted octanol–water partition coefficient (Wildman–Crippen LogP) is 10.5. The van der Waals surface area contributed by atoms with Crippen LogP contribution >= 0.6 is 0 Å². The lowest BCUT2D eigenvalue weighted by Gasteiger charge is -2.46. The average molecular weight is 1050 g/mol. The summed E-state index contributed by atoms with van der Waals surface area (Å²) in [5.74, 6) is -0.204. The van der Waals surface area contributed by atoms with Gasteiger partial charge < -0.3 is 65.1 Å². The first-order valence-electron chi connectivity index (χ1n) is 30.8. The summed E-state index contributed by atoms with van der Waals surface area (Å²) in [4.78, 5) is 13.2. The fourth-order valence-corrected chi connectivity index (χ4v) is 10.6. The van der Waals surface area contributed by atoms with Crippen LogP contribution < -0.4 is 5.32 Å². The van der Waals surface area contributed by atoms with Crippen molar-refractivity contribution in [1.29, 1.82) is 0 Å². The number of nitrogens with one attached hydrogen (secondary N) is 1. The summed E-state index contributed by atoms with van der Waals surface area (Å²) in [5, 5.41) is 87.1. The normalized spacial score (nSPS) is 25.3. The minimum absolute atomic E-state index is 0.204. The second kappa shape index (κ2) is 46.0. The maximum atomic E-state index is 13.2. The lowest BCUT2D eigenvalue weighted by Crippen LogP contribution is -2.65. The summed E-state index contributed by atoms with van der Waals surface area (Å²) < 4.78 is 22.8. The lowest BCUT2D eigenvalue weighted by atomic mass is 9.97. The van der Waals surface area contributed by atoms with Gasteiger partial charge in [-0.15, -0.1) is 0 Å². The van der Waals surface area contributed by atoms with Crippen molar-refractivity contribution in [3.8, 4) is 0 Å². The number of carbonyl (C=O) groups excluding carboxylic acids is 1. The molecule has 2 heterocycles. The third-order valence-electron chi connectivity index (χ3n) is 15.6. The van der Waals surface area contributed by atoms with Crippen molar-refractivity contribution in [3.05, 3.63) is 0 Å². The van der Waals surface area contributed by atoms with Crippen molar-refractivity contribution in [1.82, 2.24) is 5.32 Å². The van der Waals surface area contributed by atoms with Crippen LogP contribution in [0.4, 0.5) is 0 Å². The van der Waals surface area contributed by atoms with Gasteiger partial charge in [-0.1, -0.05) is 258 Å². The number of hydrogen-bond acceptors (Lipinski definition) is 13. The molecule has 14 heteroatoms. The number of unbranched alkanes of at least 4 members (excludes halogenated alkanes) is 37. The number of aliphatic hydroxyl groups excluding tert-OH is 8. The number of amides is 1. The van der Waals surface area contributed by atoms with Crippen LogP contribution in [-0.4, -0.2) is 140 Å². The second-order valence-electron chi connectivity index (χ2n) is 22.2. The standard InChI is InChI=1S/C59H115NO13/c1-3-5-7-9-11-13-15-16-17-18-19-20-21-22-23-24-25-26-27-28-29-30-31-32-33-34-36-38-40-42-48(63)47(60-51(64)43-41-39-37-35-14-12-10-8-6-4-2)46-70-58-56(69)54(67)57(50(45-62)72-58)73-59-55(68)53(66)52(65)49(44-61)71-59/h47-50,52-59,61-63,65-69H,3-46H2,1-2H3,(H,60,64). The SMILES string of the molecule is CCCCCCCCCCCCCCCCCCCCCCCCCCCCCCCC(O)C(COC1OC(CO)C(OC2OC(CO)C(O)C(O)C2O)C(O)C1O)NC(=O)CCCCCCCCCCCC. The van der Waals surface area contributed by atoms with Gasteiger partial charge in [0.2, 0.25) is 5.91 Å². The quantitative estimate of drug-likeness (QED) is 0.0259. The highest BCUT2D eigenvalue weighted by Gasteiger charge is 2.51. The zero-order chi connectivity index (χ0) is 53.2. The Bertz CT molecular complexity index is 1230. The van der Waals surface area contributed by atoms with Crippen LogP contribution in [-0.2, 0) is 23.7 Å². The van der Waals surface area contributed by atoms with E-state index in [1.54, 1.807) is 0 Å². The first kappa shape index (κ1) is 68.1. The highest BCUT2D eigenvalue weighted by molar-refractivity contribution is 5.76. The van der Waals surface area contributed by atoms with Crippen LogP contribution in [0.2, 0.25) is 0 Å². The van der Waals surface area contributed by atoms with E-state index in [9.17, 15) is 45.6 Å². The van der Waals surface area contributed by atoms with Gasteiger partial charge >= 0.3 is 0 Å². The summed E-state index contributed by atoms with van der Waals surface area (Å²) in [6.07, 6.45) is 34.2. The number of hydrogen-bond donors (Lipinski definition) is 9. The van der Waals surface area contributed by atoms with Crippen molar-refractivity contribution in [2.45, 2.75) is 351 Å². The monoisotopic (exact) mass is 1050 g/mol. The van der Waals surface area contributed by atoms with E-state index in [0.29, 0.717) is 12.8 Å². The summed E-state index contributed by atoms with van der Waals surface area (Å²) >= 11 is 0. The van der Waals surface area contributed by atoms with E-state index >= 15 is 0 Å². The lowest BCUT2D eigenvalue weighted by molar-refractivity contribution is -0.359. The molecule has 2 saturated heterocycles. The highest BCUT2D eigenvalue weighted by Crippen LogP contribution is 2.30. The van der Waals surface area contributed by atoms with Gasteiger partial charge in [0, 0.05) is 6.42 Å². The molecule has 0 aromatic rings. The molecule has 9 N–H and O–H groups in total. The van der Waals surface area contributed by atoms with Crippen molar-refractivity contribution in [3.63, 3.8) is 0 Å². The molecular formula is C59H115NO13. The summed E-state index contributed by atoms with van der Waals surface area (Å²) in [5.41, 5.74) is 0. The number of rotatable bonds is 50. The first-order chi connectivity index (χ1) is 35.6. The molecule has 2 rings (SSSR count). The molecule has 434 valence electrons. The van der Waals surface area contributed by atoms with Crippen LogP contribution in [0.25, 0.3) is 0 Å². The molecule has 0 radical (unpaired) electrons. The van der Waals surface area contributed by atoms with Gasteiger partial charge in [0.25, 0.3) is 0 Å². The van der Waals surface area contributed by atoms with E-state index in [1.165, 1.54) is 199 Å². The third-order valence-corrected chi connectivity index (χ3v) is 15.6. The van der Waals surface area contributed by atoms with Crippen molar-refractivity contribution < 1.29 is 64.6 Å². The van der Waals surface area contributed by atoms with Crippen LogP contribution in [0.1, 0.15) is 277 Å². The Labute approximate surface area is 444 Å². The maximum Gasteiger partial charge on any atom is 0.220 e. The van der Waals surface area contributed by atoms with Gasteiger partial charge in [0.05, 0.1) is 32.0 Å². The summed E-state index contributed by atoms with van der Waals surface area (Å²) in [6, 6.07) is -0.821. The molecule has 0 saturated carbocycles. The average Bonchev–Trinajstić information content (AvgIpc) is 3.39. The largest absolute Gasteiger partial charge is 0.394 e. The smallest absolute Gasteiger partial charge is 0.220 e. The van der Waals surface area contributed by atoms with Gasteiger partial charge in [-0.05, 0) is 12.8 Å². The van der Waals surface area contributed by atoms with Crippen LogP contribution in [0.3, 0.4) is 0 Å². The highest BCUT2D eigenvalue weighted by atomic mass is 16.7. The summed E-state index contributed by atoms with van der Waals surface area (Å²) in [6.45, 7) is 2.87. The molecule has 2 aliphatic rings. The minimum atomic E-state index is -1.78. The zero-order valence-electron chi connectivity index (χ0n) is 46.7. The molecular weight excluding hydrogens is 931 g/mol. The van der Waals surface area contributed by atoms with Gasteiger partial charge in [0.1, 0.15) is 48.8 Å². The third kappa shape index (κ3) is 31.9. The molecule has 1 amide bonds. The second-order valence-corrected chi connectivity index (χ2v) is 22.2. The van der Waals surface area contributed by atoms with Crippen LogP contribution in [0.5, 0.6) is 0 Å². The Hall–Kier alpha value is -1.01. The molecule has 73 heavy (non-hydrogen) atoms. The fourth-order valence-electron chi connectivity index (χ4n) is 10.6. The van der Waals surface area contributed by atoms with Crippen LogP contribution in [0, 0.1) is 0 Å². The van der Waals surface area contributed by atoms with Crippen molar-refractivity contribution in [2.24, 2.45) is 0 Å². The van der Waals surface area contributed by atoms with E-state index in [4.69, 9.17) is 18.9 Å². The minimum Gasteiger partial charge on any atom is -0.394 e. The molecule has 2 aliphatic heterocycles. The van der Waals surface area contributed by atoms with Gasteiger partial charge in [-0.2, -0.15) is 0 Å². The maximum absolute atomic E-state index is 13.2. The van der Waals surface area contributed by atoms with Crippen LogP contribution in [0.15, 0.2) is 0 Å². The molecule has 0 aromatic carbocycles. The Morgan fingerprint density at radius 3 is 1.16 bits per heavy atom. The predicted molar refractivity (Wildman–Crippen MR) is 291 cm³/mol. The topological polar surface area (TPSA) is 228 Å². The van der Waals surface area contributed by atoms with E-state index in [2.05, 4.69) is 19.2 Å². The van der Waals surface area contributed by atoms with Gasteiger partial charge in [-0.3, -0.25) is 4.79 Å². The van der Waals surface area contributed by atoms with E-state index < -0.39 is 86.8 Å². The first-order valence-corrected chi connectivity index (χ1v) is 30.8. The molecule has 2 fully saturated rings. The Morgan fingerprint density at radius 2 is 0.781 bits per heavy atom. The molecule has 0 aromatic heterocycles. The Balaban J connectivity index is 1.64. The Kier molecular flexibility index (Phi) is 42.9. The van der Waals surface area contributed by atoms with Crippen molar-refractivity contribution in [2.75, 3.05) is 19.8 Å². The number of carbonyl (C=O) groups is 1. The molecule has 0 spiro atoms. The van der Waals surface area contributed by atoms with Crippen molar-refractivity contribution >= 4 is 5.91 Å². The van der Waals surface area contributed by atoms with E-state index in [-0.39, 0.29) is 12.5 Å². The molecule has 12 unspecified atom stereocenters. The van der Waals surface area contributed by atoms with E-state index in [1.807, 2.05) is 0 Å². The van der Waals surface area contributed by atoms with Gasteiger partial charge in [-0.25, -0.2) is 0 Å². The molecule has 14 nitrogen and oxygen atoms in total. The number of ether oxygens (including phenoxy) is 4. The molecule has 0 aliphatic carbocycles. The molecule has 12 atom stereocenters. The number of aliphatic hydroxyl groups is 8. The zero-order valence-corrected chi connectivity index (χ0v) is 46.7. The Morgan fingerprint density at radius 1 is 0.438 bits per heavy atom. The molecule has 0 bridgehead atoms. The fraction of sp³-hybridized carbons (Fsp3) is 0.983. The summed E-state index contributed by atoms with van der Waals surface area (Å²) in [7, 11) is 0. The van der Waals surface area contributed by atoms with Gasteiger partial charge in [0.15, 0.2) is 12.6 Å².